The number of fused-ring (bicyclic) bond motifs is 3. The molecule has 1 saturated carbocycles. The molecule has 0 atom stereocenters. The Morgan fingerprint density at radius 1 is 1.09 bits per heavy atom. The van der Waals surface area contributed by atoms with E-state index in [0.29, 0.717) is 34.1 Å². The number of benzene rings is 2. The fourth-order valence-electron chi connectivity index (χ4n) is 3.51. The van der Waals surface area contributed by atoms with E-state index in [1.54, 1.807) is 44.9 Å². The topological polar surface area (TPSA) is 89.8 Å². The van der Waals surface area contributed by atoms with Gasteiger partial charge < -0.3 is 20.1 Å². The van der Waals surface area contributed by atoms with Crippen LogP contribution < -0.4 is 20.1 Å². The van der Waals surface area contributed by atoms with Crippen molar-refractivity contribution in [1.29, 1.82) is 0 Å². The third kappa shape index (κ3) is 3.55. The van der Waals surface area contributed by atoms with E-state index in [2.05, 4.69) is 15.6 Å². The molecule has 0 bridgehead atoms. The number of nitrogens with zero attached hydrogens (tertiary/aromatic N) is 3. The number of nitrogens with one attached hydrogen (secondary N) is 2. The number of halogens is 2. The molecule has 0 spiro atoms. The molecule has 1 aliphatic rings. The number of hydrogen-bond acceptors (Lipinski definition) is 6. The van der Waals surface area contributed by atoms with Crippen LogP contribution in [0.1, 0.15) is 23.2 Å². The molecule has 0 saturated heterocycles. The summed E-state index contributed by atoms with van der Waals surface area (Å²) in [7, 11) is 3.15. The minimum absolute atomic E-state index is 0.187. The molecule has 4 aromatic rings. The quantitative estimate of drug-likeness (QED) is 0.418. The number of hydrogen-bond donors (Lipinski definition) is 2. The van der Waals surface area contributed by atoms with Crippen molar-refractivity contribution in [3.8, 4) is 11.5 Å². The van der Waals surface area contributed by atoms with Gasteiger partial charge in [0.2, 0.25) is 0 Å². The summed E-state index contributed by atoms with van der Waals surface area (Å²) in [5, 5.41) is 6.57. The van der Waals surface area contributed by atoms with Crippen LogP contribution >= 0.6 is 23.2 Å². The Morgan fingerprint density at radius 2 is 1.84 bits per heavy atom. The van der Waals surface area contributed by atoms with Gasteiger partial charge in [0.15, 0.2) is 17.3 Å². The molecule has 0 aliphatic heterocycles. The van der Waals surface area contributed by atoms with E-state index in [1.165, 1.54) is 0 Å². The number of methoxy groups -OCH3 is 2. The summed E-state index contributed by atoms with van der Waals surface area (Å²) in [6.45, 7) is 0. The first-order chi connectivity index (χ1) is 15.5. The molecule has 5 rings (SSSR count). The van der Waals surface area contributed by atoms with Gasteiger partial charge in [0.05, 0.1) is 59.1 Å². The highest BCUT2D eigenvalue weighted by Crippen LogP contribution is 2.37. The Morgan fingerprint density at radius 3 is 2.56 bits per heavy atom. The second-order valence-electron chi connectivity index (χ2n) is 7.47. The molecule has 1 amide bonds. The Labute approximate surface area is 193 Å². The van der Waals surface area contributed by atoms with Crippen LogP contribution in [0.15, 0.2) is 36.8 Å². The van der Waals surface area contributed by atoms with Gasteiger partial charge in [0.25, 0.3) is 5.91 Å². The Hall–Kier alpha value is -3.23. The number of rotatable bonds is 6. The summed E-state index contributed by atoms with van der Waals surface area (Å²) in [5.74, 6) is 1.45. The zero-order valence-electron chi connectivity index (χ0n) is 17.3. The van der Waals surface area contributed by atoms with Gasteiger partial charge in [-0.2, -0.15) is 0 Å². The molecular formula is C22H19Cl2N5O3. The van der Waals surface area contributed by atoms with Crippen LogP contribution in [0.4, 0.5) is 11.5 Å². The molecule has 1 aliphatic carbocycles. The number of aromatic nitrogens is 3. The zero-order valence-corrected chi connectivity index (χ0v) is 18.8. The van der Waals surface area contributed by atoms with E-state index in [4.69, 9.17) is 37.7 Å². The second-order valence-corrected chi connectivity index (χ2v) is 8.22. The fraction of sp³-hybridized carbons (Fsp3) is 0.227. The van der Waals surface area contributed by atoms with Crippen LogP contribution in [-0.2, 0) is 0 Å². The molecule has 2 N–H and O–H groups in total. The van der Waals surface area contributed by atoms with Crippen LogP contribution in [0.25, 0.3) is 16.6 Å². The van der Waals surface area contributed by atoms with E-state index in [9.17, 15) is 4.79 Å². The molecule has 1 fully saturated rings. The van der Waals surface area contributed by atoms with Gasteiger partial charge in [-0.15, -0.1) is 0 Å². The van der Waals surface area contributed by atoms with Gasteiger partial charge in [0.1, 0.15) is 5.52 Å². The smallest absolute Gasteiger partial charge is 0.253 e. The SMILES string of the molecule is COc1cc2nc(Nc3ccc(C(=O)NC4CC4)c(Cl)c3Cl)c3cncn3c2cc1OC. The predicted octanol–water partition coefficient (Wildman–Crippen LogP) is 4.84. The van der Waals surface area contributed by atoms with Crippen LogP contribution in [0.2, 0.25) is 10.0 Å². The standard InChI is InChI=1S/C22H19Cl2N5O3/c1-31-17-7-14-15(8-18(17)32-2)29-10-25-9-16(29)21(28-14)27-13-6-5-12(19(23)20(13)24)22(30)26-11-3-4-11/h5-11H,3-4H2,1-2H3,(H,26,30)(H,27,28). The van der Waals surface area contributed by atoms with Gasteiger partial charge in [-0.05, 0) is 25.0 Å². The number of imidazole rings is 1. The Bertz CT molecular complexity index is 1370. The lowest BCUT2D eigenvalue weighted by molar-refractivity contribution is 0.0951. The van der Waals surface area contributed by atoms with Crippen LogP contribution in [0.3, 0.4) is 0 Å². The van der Waals surface area contributed by atoms with E-state index in [0.717, 1.165) is 23.9 Å². The summed E-state index contributed by atoms with van der Waals surface area (Å²) in [6, 6.07) is 7.22. The van der Waals surface area contributed by atoms with Crippen LogP contribution in [0.5, 0.6) is 11.5 Å². The van der Waals surface area contributed by atoms with Crippen LogP contribution in [-0.4, -0.2) is 40.5 Å². The predicted molar refractivity (Wildman–Crippen MR) is 124 cm³/mol. The van der Waals surface area contributed by atoms with Gasteiger partial charge in [-0.3, -0.25) is 9.20 Å². The zero-order chi connectivity index (χ0) is 22.4. The van der Waals surface area contributed by atoms with E-state index >= 15 is 0 Å². The van der Waals surface area contributed by atoms with Gasteiger partial charge in [0, 0.05) is 18.2 Å². The highest BCUT2D eigenvalue weighted by Gasteiger charge is 2.26. The van der Waals surface area contributed by atoms with Crippen molar-refractivity contribution in [2.24, 2.45) is 0 Å². The summed E-state index contributed by atoms with van der Waals surface area (Å²) in [4.78, 5) is 21.4. The normalized spacial score (nSPS) is 13.4. The lowest BCUT2D eigenvalue weighted by Gasteiger charge is -2.15. The third-order valence-corrected chi connectivity index (χ3v) is 6.23. The molecular weight excluding hydrogens is 453 g/mol. The number of anilines is 2. The monoisotopic (exact) mass is 471 g/mol. The molecule has 8 nitrogen and oxygen atoms in total. The molecule has 164 valence electrons. The maximum Gasteiger partial charge on any atom is 0.253 e. The number of amides is 1. The van der Waals surface area contributed by atoms with Crippen LogP contribution in [0, 0.1) is 0 Å². The van der Waals surface area contributed by atoms with Crippen molar-refractivity contribution in [1.82, 2.24) is 19.7 Å². The average molecular weight is 472 g/mol. The van der Waals surface area contributed by atoms with Crippen molar-refractivity contribution in [2.45, 2.75) is 18.9 Å². The first-order valence-corrected chi connectivity index (χ1v) is 10.7. The Kier molecular flexibility index (Phi) is 5.19. The number of carbonyl (C=O) groups excluding carboxylic acids is 1. The number of ether oxygens (including phenoxy) is 2. The van der Waals surface area contributed by atoms with Gasteiger partial charge in [-0.25, -0.2) is 9.97 Å². The van der Waals surface area contributed by atoms with Crippen molar-refractivity contribution in [3.63, 3.8) is 0 Å². The molecule has 10 heteroatoms. The third-order valence-electron chi connectivity index (χ3n) is 5.35. The average Bonchev–Trinajstić information content (AvgIpc) is 3.46. The van der Waals surface area contributed by atoms with Crippen molar-refractivity contribution >= 4 is 57.2 Å². The lowest BCUT2D eigenvalue weighted by atomic mass is 10.2. The second kappa shape index (κ2) is 8.03. The molecule has 0 unspecified atom stereocenters. The lowest BCUT2D eigenvalue weighted by Crippen LogP contribution is -2.25. The maximum absolute atomic E-state index is 12.4. The minimum atomic E-state index is -0.228. The first kappa shape index (κ1) is 20.7. The summed E-state index contributed by atoms with van der Waals surface area (Å²) < 4.78 is 12.7. The van der Waals surface area contributed by atoms with Crippen molar-refractivity contribution < 1.29 is 14.3 Å². The summed E-state index contributed by atoms with van der Waals surface area (Å²) in [6.07, 6.45) is 5.36. The van der Waals surface area contributed by atoms with Crippen molar-refractivity contribution in [2.75, 3.05) is 19.5 Å². The number of carbonyl (C=O) groups is 1. The first-order valence-electron chi connectivity index (χ1n) is 9.94. The molecule has 32 heavy (non-hydrogen) atoms. The highest BCUT2D eigenvalue weighted by molar-refractivity contribution is 6.45. The Balaban J connectivity index is 1.56. The molecule has 2 aromatic heterocycles. The summed E-state index contributed by atoms with van der Waals surface area (Å²) in [5.41, 5.74) is 3.06. The van der Waals surface area contributed by atoms with Gasteiger partial charge in [-0.1, -0.05) is 23.2 Å². The molecule has 0 radical (unpaired) electrons. The minimum Gasteiger partial charge on any atom is -0.493 e. The van der Waals surface area contributed by atoms with Crippen molar-refractivity contribution in [3.05, 3.63) is 52.4 Å². The molecule has 2 aromatic carbocycles. The fourth-order valence-corrected chi connectivity index (χ4v) is 3.97. The van der Waals surface area contributed by atoms with E-state index in [1.807, 2.05) is 10.5 Å². The van der Waals surface area contributed by atoms with E-state index < -0.39 is 0 Å². The molecule has 2 heterocycles. The maximum atomic E-state index is 12.4. The van der Waals surface area contributed by atoms with Gasteiger partial charge >= 0.3 is 0 Å². The largest absolute Gasteiger partial charge is 0.493 e. The van der Waals surface area contributed by atoms with E-state index in [-0.39, 0.29) is 22.0 Å². The highest BCUT2D eigenvalue weighted by atomic mass is 35.5. The summed E-state index contributed by atoms with van der Waals surface area (Å²) >= 11 is 12.9.